The lowest BCUT2D eigenvalue weighted by atomic mass is 10.0. The van der Waals surface area contributed by atoms with Gasteiger partial charge in [0.1, 0.15) is 0 Å². The topological polar surface area (TPSA) is 20.3 Å². The van der Waals surface area contributed by atoms with Crippen molar-refractivity contribution in [2.45, 2.75) is 17.4 Å². The Balaban J connectivity index is 2.23. The summed E-state index contributed by atoms with van der Waals surface area (Å²) in [6, 6.07) is 8.16. The third-order valence-electron chi connectivity index (χ3n) is 2.45. The number of fused-ring (bicyclic) bond motifs is 1. The van der Waals surface area contributed by atoms with Gasteiger partial charge in [-0.25, -0.2) is 0 Å². The second-order valence-electron chi connectivity index (χ2n) is 3.60. The molecule has 1 aromatic rings. The van der Waals surface area contributed by atoms with E-state index in [1.54, 1.807) is 4.90 Å². The van der Waals surface area contributed by atoms with Gasteiger partial charge in [-0.05, 0) is 24.1 Å². The van der Waals surface area contributed by atoms with Gasteiger partial charge in [0.25, 0.3) is 0 Å². The summed E-state index contributed by atoms with van der Waals surface area (Å²) < 4.78 is 0.0255. The highest BCUT2D eigenvalue weighted by Crippen LogP contribution is 2.20. The van der Waals surface area contributed by atoms with Crippen molar-refractivity contribution in [3.63, 3.8) is 0 Å². The van der Waals surface area contributed by atoms with Gasteiger partial charge in [0.05, 0.1) is 10.5 Å². The molecule has 0 aliphatic carbocycles. The van der Waals surface area contributed by atoms with E-state index in [4.69, 9.17) is 0 Å². The monoisotopic (exact) mass is 313 g/mol. The third kappa shape index (κ3) is 2.22. The quantitative estimate of drug-likeness (QED) is 0.577. The molecule has 1 atom stereocenters. The van der Waals surface area contributed by atoms with Gasteiger partial charge < -0.3 is 4.90 Å². The zero-order valence-electron chi connectivity index (χ0n) is 8.48. The number of hydrogen-bond donors (Lipinski definition) is 0. The van der Waals surface area contributed by atoms with E-state index in [1.807, 2.05) is 31.3 Å². The molecule has 0 N–H and O–H groups in total. The number of nitrogens with zero attached hydrogens (tertiary/aromatic N) is 1. The van der Waals surface area contributed by atoms with Crippen molar-refractivity contribution in [3.8, 4) is 0 Å². The molecule has 1 aliphatic heterocycles. The fourth-order valence-electron chi connectivity index (χ4n) is 1.63. The molecule has 0 aromatic heterocycles. The SMILES string of the molecule is CC(I)C(=O)N1C=Cc2ccccc2C1. The molecule has 1 unspecified atom stereocenters. The van der Waals surface area contributed by atoms with Gasteiger partial charge in [-0.1, -0.05) is 46.9 Å². The van der Waals surface area contributed by atoms with E-state index in [9.17, 15) is 4.79 Å². The van der Waals surface area contributed by atoms with Crippen molar-refractivity contribution >= 4 is 34.6 Å². The van der Waals surface area contributed by atoms with Crippen LogP contribution in [0.15, 0.2) is 30.5 Å². The highest BCUT2D eigenvalue weighted by molar-refractivity contribution is 14.1. The Morgan fingerprint density at radius 1 is 1.47 bits per heavy atom. The van der Waals surface area contributed by atoms with Crippen molar-refractivity contribution < 1.29 is 4.79 Å². The van der Waals surface area contributed by atoms with Crippen LogP contribution in [0.2, 0.25) is 0 Å². The Bertz CT molecular complexity index is 412. The van der Waals surface area contributed by atoms with E-state index in [0.29, 0.717) is 6.54 Å². The normalized spacial score (nSPS) is 16.0. The maximum atomic E-state index is 11.8. The van der Waals surface area contributed by atoms with Gasteiger partial charge >= 0.3 is 0 Å². The fourth-order valence-corrected chi connectivity index (χ4v) is 1.98. The summed E-state index contributed by atoms with van der Waals surface area (Å²) in [5, 5.41) is 0. The molecule has 1 heterocycles. The molecule has 1 aliphatic rings. The average molecular weight is 313 g/mol. The molecule has 78 valence electrons. The maximum Gasteiger partial charge on any atom is 0.239 e. The van der Waals surface area contributed by atoms with Crippen LogP contribution in [0.3, 0.4) is 0 Å². The number of benzene rings is 1. The second kappa shape index (κ2) is 4.35. The van der Waals surface area contributed by atoms with Gasteiger partial charge in [-0.2, -0.15) is 0 Å². The fraction of sp³-hybridized carbons (Fsp3) is 0.250. The standard InChI is InChI=1S/C12H12INO/c1-9(13)12(15)14-7-6-10-4-2-3-5-11(10)8-14/h2-7,9H,8H2,1H3. The molecule has 0 fully saturated rings. The van der Waals surface area contributed by atoms with Crippen LogP contribution in [0.1, 0.15) is 18.1 Å². The summed E-state index contributed by atoms with van der Waals surface area (Å²) in [6.45, 7) is 2.61. The van der Waals surface area contributed by atoms with E-state index in [2.05, 4.69) is 34.7 Å². The van der Waals surface area contributed by atoms with Crippen molar-refractivity contribution in [2.24, 2.45) is 0 Å². The Kier molecular flexibility index (Phi) is 3.09. The van der Waals surface area contributed by atoms with Crippen molar-refractivity contribution in [2.75, 3.05) is 0 Å². The van der Waals surface area contributed by atoms with Crippen LogP contribution < -0.4 is 0 Å². The first-order valence-electron chi connectivity index (χ1n) is 4.89. The van der Waals surface area contributed by atoms with Crippen LogP contribution in [0, 0.1) is 0 Å². The van der Waals surface area contributed by atoms with Crippen molar-refractivity contribution in [1.82, 2.24) is 4.90 Å². The molecule has 1 amide bonds. The van der Waals surface area contributed by atoms with E-state index >= 15 is 0 Å². The number of alkyl halides is 1. The molecule has 0 radical (unpaired) electrons. The van der Waals surface area contributed by atoms with Gasteiger partial charge in [-0.3, -0.25) is 4.79 Å². The first-order valence-corrected chi connectivity index (χ1v) is 6.13. The zero-order chi connectivity index (χ0) is 10.8. The Labute approximate surface area is 103 Å². The van der Waals surface area contributed by atoms with Crippen molar-refractivity contribution in [3.05, 3.63) is 41.6 Å². The summed E-state index contributed by atoms with van der Waals surface area (Å²) in [5.41, 5.74) is 2.42. The van der Waals surface area contributed by atoms with E-state index in [-0.39, 0.29) is 9.83 Å². The minimum Gasteiger partial charge on any atom is -0.314 e. The number of carbonyl (C=O) groups excluding carboxylic acids is 1. The van der Waals surface area contributed by atoms with E-state index in [1.165, 1.54) is 11.1 Å². The highest BCUT2D eigenvalue weighted by Gasteiger charge is 2.19. The average Bonchev–Trinajstić information content (AvgIpc) is 2.27. The van der Waals surface area contributed by atoms with Crippen LogP contribution in [0.25, 0.3) is 6.08 Å². The molecule has 1 aromatic carbocycles. The van der Waals surface area contributed by atoms with E-state index < -0.39 is 0 Å². The molecule has 2 nitrogen and oxygen atoms in total. The first kappa shape index (κ1) is 10.7. The van der Waals surface area contributed by atoms with E-state index in [0.717, 1.165) is 0 Å². The molecule has 0 bridgehead atoms. The minimum atomic E-state index is 0.0255. The molecular formula is C12H12INO. The molecule has 0 spiro atoms. The lowest BCUT2D eigenvalue weighted by Gasteiger charge is -2.24. The van der Waals surface area contributed by atoms with Crippen LogP contribution in [-0.2, 0) is 11.3 Å². The predicted molar refractivity (Wildman–Crippen MR) is 69.5 cm³/mol. The highest BCUT2D eigenvalue weighted by atomic mass is 127. The predicted octanol–water partition coefficient (Wildman–Crippen LogP) is 2.82. The lowest BCUT2D eigenvalue weighted by Crippen LogP contribution is -2.32. The second-order valence-corrected chi connectivity index (χ2v) is 5.47. The third-order valence-corrected chi connectivity index (χ3v) is 2.99. The number of hydrogen-bond acceptors (Lipinski definition) is 1. The zero-order valence-corrected chi connectivity index (χ0v) is 10.6. The summed E-state index contributed by atoms with van der Waals surface area (Å²) >= 11 is 2.15. The molecule has 3 heteroatoms. The van der Waals surface area contributed by atoms with Crippen LogP contribution >= 0.6 is 22.6 Å². The van der Waals surface area contributed by atoms with Crippen LogP contribution in [0.4, 0.5) is 0 Å². The van der Waals surface area contributed by atoms with Gasteiger partial charge in [-0.15, -0.1) is 0 Å². The molecule has 0 saturated heterocycles. The number of halogens is 1. The molecule has 2 rings (SSSR count). The summed E-state index contributed by atoms with van der Waals surface area (Å²) in [5.74, 6) is 0.168. The molecule has 0 saturated carbocycles. The smallest absolute Gasteiger partial charge is 0.239 e. The summed E-state index contributed by atoms with van der Waals surface area (Å²) in [7, 11) is 0. The lowest BCUT2D eigenvalue weighted by molar-refractivity contribution is -0.127. The largest absolute Gasteiger partial charge is 0.314 e. The number of carbonyl (C=O) groups is 1. The Hall–Kier alpha value is -0.840. The Morgan fingerprint density at radius 3 is 2.93 bits per heavy atom. The molecule has 15 heavy (non-hydrogen) atoms. The molecular weight excluding hydrogens is 301 g/mol. The van der Waals surface area contributed by atoms with Gasteiger partial charge in [0.15, 0.2) is 0 Å². The minimum absolute atomic E-state index is 0.0255. The summed E-state index contributed by atoms with van der Waals surface area (Å²) in [6.07, 6.45) is 3.87. The maximum absolute atomic E-state index is 11.8. The van der Waals surface area contributed by atoms with Crippen molar-refractivity contribution in [1.29, 1.82) is 0 Å². The number of rotatable bonds is 1. The summed E-state index contributed by atoms with van der Waals surface area (Å²) in [4.78, 5) is 13.6. The van der Waals surface area contributed by atoms with Crippen LogP contribution in [-0.4, -0.2) is 14.7 Å². The first-order chi connectivity index (χ1) is 7.18. The Morgan fingerprint density at radius 2 is 2.20 bits per heavy atom. The van der Waals surface area contributed by atoms with Gasteiger partial charge in [0.2, 0.25) is 5.91 Å². The number of amides is 1. The van der Waals surface area contributed by atoms with Gasteiger partial charge in [0, 0.05) is 6.20 Å². The van der Waals surface area contributed by atoms with Crippen LogP contribution in [0.5, 0.6) is 0 Å².